The van der Waals surface area contributed by atoms with E-state index >= 15 is 0 Å². The van der Waals surface area contributed by atoms with E-state index in [2.05, 4.69) is 11.6 Å². The third-order valence-electron chi connectivity index (χ3n) is 0.946. The summed E-state index contributed by atoms with van der Waals surface area (Å²) in [5.41, 5.74) is 0. The van der Waals surface area contributed by atoms with Crippen LogP contribution in [-0.4, -0.2) is 18.3 Å². The van der Waals surface area contributed by atoms with Crippen LogP contribution in [-0.2, 0) is 0 Å². The van der Waals surface area contributed by atoms with Gasteiger partial charge in [0.15, 0.2) is 0 Å². The number of alkyl halides is 8. The third kappa shape index (κ3) is 3.32. The van der Waals surface area contributed by atoms with Gasteiger partial charge in [0.25, 0.3) is 0 Å². The van der Waals surface area contributed by atoms with Crippen LogP contribution in [0.3, 0.4) is 0 Å². The molecule has 0 aromatic heterocycles. The molecule has 9 heteroatoms. The standard InChI is InChI=1S/C5HClF8/c6-2(1-3(7,8)9)4(10,11)5(12,13)14/h1H. The zero-order valence-electron chi connectivity index (χ0n) is 5.98. The first kappa shape index (κ1) is 13.5. The van der Waals surface area contributed by atoms with Crippen molar-refractivity contribution in [2.24, 2.45) is 0 Å². The molecule has 0 nitrogen and oxygen atoms in total. The van der Waals surface area contributed by atoms with Crippen molar-refractivity contribution < 1.29 is 35.1 Å². The first-order chi connectivity index (χ1) is 5.88. The summed E-state index contributed by atoms with van der Waals surface area (Å²) >= 11 is 4.21. The minimum atomic E-state index is -6.15. The van der Waals surface area contributed by atoms with Gasteiger partial charge in [-0.05, 0) is 0 Å². The van der Waals surface area contributed by atoms with Crippen molar-refractivity contribution in [3.05, 3.63) is 11.1 Å². The number of hydrogen-bond donors (Lipinski definition) is 0. The van der Waals surface area contributed by atoms with Crippen molar-refractivity contribution in [2.75, 3.05) is 0 Å². The van der Waals surface area contributed by atoms with E-state index in [4.69, 9.17) is 0 Å². The molecular formula is C5HClF8. The topological polar surface area (TPSA) is 0 Å². The summed E-state index contributed by atoms with van der Waals surface area (Å²) in [4.78, 5) is 0. The minimum Gasteiger partial charge on any atom is -0.190 e. The zero-order valence-corrected chi connectivity index (χ0v) is 6.73. The molecule has 0 aliphatic rings. The Morgan fingerprint density at radius 2 is 1.21 bits per heavy atom. The molecule has 0 aliphatic heterocycles. The highest BCUT2D eigenvalue weighted by atomic mass is 35.5. The summed E-state index contributed by atoms with van der Waals surface area (Å²) in [6.07, 6.45) is -12.8. The molecular weight excluding hydrogens is 247 g/mol. The Kier molecular flexibility index (Phi) is 3.42. The molecule has 84 valence electrons. The molecule has 0 aromatic rings. The predicted octanol–water partition coefficient (Wildman–Crippen LogP) is 3.87. The second-order valence-corrected chi connectivity index (χ2v) is 2.51. The number of allylic oxidation sites excluding steroid dienone is 2. The van der Waals surface area contributed by atoms with Gasteiger partial charge < -0.3 is 0 Å². The van der Waals surface area contributed by atoms with Gasteiger partial charge in [0, 0.05) is 6.08 Å². The number of halogens is 9. The average Bonchev–Trinajstić information content (AvgIpc) is 1.80. The van der Waals surface area contributed by atoms with Crippen molar-refractivity contribution in [1.82, 2.24) is 0 Å². The summed E-state index contributed by atoms with van der Waals surface area (Å²) in [7, 11) is 0. The molecule has 0 saturated heterocycles. The molecule has 0 saturated carbocycles. The minimum absolute atomic E-state index is 1.30. The van der Waals surface area contributed by atoms with E-state index in [1.54, 1.807) is 0 Å². The second kappa shape index (κ2) is 3.56. The Bertz CT molecular complexity index is 233. The van der Waals surface area contributed by atoms with Crippen LogP contribution < -0.4 is 0 Å². The van der Waals surface area contributed by atoms with Gasteiger partial charge in [0.2, 0.25) is 0 Å². The quantitative estimate of drug-likeness (QED) is 0.618. The van der Waals surface area contributed by atoms with Crippen LogP contribution in [0, 0.1) is 0 Å². The predicted molar refractivity (Wildman–Crippen MR) is 31.0 cm³/mol. The maximum Gasteiger partial charge on any atom is 0.459 e. The maximum atomic E-state index is 12.0. The molecule has 0 fully saturated rings. The molecule has 0 radical (unpaired) electrons. The fourth-order valence-electron chi connectivity index (χ4n) is 0.370. The van der Waals surface area contributed by atoms with E-state index in [1.165, 1.54) is 0 Å². The first-order valence-corrected chi connectivity index (χ1v) is 3.16. The highest BCUT2D eigenvalue weighted by Gasteiger charge is 2.60. The van der Waals surface area contributed by atoms with E-state index in [-0.39, 0.29) is 0 Å². The van der Waals surface area contributed by atoms with Crippen LogP contribution in [0.1, 0.15) is 0 Å². The number of hydrogen-bond acceptors (Lipinski definition) is 0. The lowest BCUT2D eigenvalue weighted by atomic mass is 10.3. The summed E-state index contributed by atoms with van der Waals surface area (Å²) < 4.78 is 92.4. The van der Waals surface area contributed by atoms with Gasteiger partial charge in [-0.15, -0.1) is 0 Å². The molecule has 0 unspecified atom stereocenters. The van der Waals surface area contributed by atoms with Crippen LogP contribution in [0.2, 0.25) is 0 Å². The van der Waals surface area contributed by atoms with Gasteiger partial charge in [-0.2, -0.15) is 35.1 Å². The van der Waals surface area contributed by atoms with Crippen LogP contribution in [0.4, 0.5) is 35.1 Å². The highest BCUT2D eigenvalue weighted by molar-refractivity contribution is 6.30. The molecule has 0 N–H and O–H groups in total. The van der Waals surface area contributed by atoms with E-state index < -0.39 is 29.4 Å². The SMILES string of the molecule is FC(F)(F)C=C(Cl)C(F)(F)C(F)(F)F. The highest BCUT2D eigenvalue weighted by Crippen LogP contribution is 2.43. The summed E-state index contributed by atoms with van der Waals surface area (Å²) in [6, 6.07) is 0. The summed E-state index contributed by atoms with van der Waals surface area (Å²) in [6.45, 7) is 0. The molecule has 0 aliphatic carbocycles. The van der Waals surface area contributed by atoms with Gasteiger partial charge >= 0.3 is 18.3 Å². The van der Waals surface area contributed by atoms with Crippen molar-refractivity contribution in [1.29, 1.82) is 0 Å². The Labute approximate surface area is 77.1 Å². The third-order valence-corrected chi connectivity index (χ3v) is 1.29. The normalized spacial score (nSPS) is 15.9. The fraction of sp³-hybridized carbons (Fsp3) is 0.600. The fourth-order valence-corrected chi connectivity index (χ4v) is 0.601. The van der Waals surface area contributed by atoms with Crippen molar-refractivity contribution in [2.45, 2.75) is 18.3 Å². The molecule has 0 atom stereocenters. The molecule has 0 aromatic carbocycles. The van der Waals surface area contributed by atoms with E-state index in [9.17, 15) is 35.1 Å². The van der Waals surface area contributed by atoms with E-state index in [0.29, 0.717) is 0 Å². The van der Waals surface area contributed by atoms with Gasteiger partial charge in [0.1, 0.15) is 5.03 Å². The Morgan fingerprint density at radius 3 is 1.43 bits per heavy atom. The van der Waals surface area contributed by atoms with Gasteiger partial charge in [-0.25, -0.2) is 0 Å². The van der Waals surface area contributed by atoms with E-state index in [1.807, 2.05) is 0 Å². The number of rotatable bonds is 1. The zero-order chi connectivity index (χ0) is 11.8. The molecule has 0 bridgehead atoms. The van der Waals surface area contributed by atoms with Gasteiger partial charge in [-0.1, -0.05) is 11.6 Å². The van der Waals surface area contributed by atoms with Gasteiger partial charge in [0.05, 0.1) is 0 Å². The lowest BCUT2D eigenvalue weighted by Gasteiger charge is -2.18. The van der Waals surface area contributed by atoms with Crippen molar-refractivity contribution >= 4 is 11.6 Å². The average molecular weight is 248 g/mol. The van der Waals surface area contributed by atoms with Crippen molar-refractivity contribution in [3.63, 3.8) is 0 Å². The monoisotopic (exact) mass is 248 g/mol. The molecule has 0 amide bonds. The Morgan fingerprint density at radius 1 is 0.857 bits per heavy atom. The first-order valence-electron chi connectivity index (χ1n) is 2.78. The summed E-state index contributed by atoms with van der Waals surface area (Å²) in [5, 5.41) is -2.61. The van der Waals surface area contributed by atoms with Crippen LogP contribution in [0.25, 0.3) is 0 Å². The lowest BCUT2D eigenvalue weighted by Crippen LogP contribution is -2.37. The summed E-state index contributed by atoms with van der Waals surface area (Å²) in [5.74, 6) is -5.69. The second-order valence-electron chi connectivity index (χ2n) is 2.11. The van der Waals surface area contributed by atoms with Crippen LogP contribution in [0.5, 0.6) is 0 Å². The molecule has 0 rings (SSSR count). The molecule has 0 heterocycles. The smallest absolute Gasteiger partial charge is 0.190 e. The molecule has 0 spiro atoms. The maximum absolute atomic E-state index is 12.0. The Hall–Kier alpha value is -0.530. The lowest BCUT2D eigenvalue weighted by molar-refractivity contribution is -0.262. The van der Waals surface area contributed by atoms with Crippen molar-refractivity contribution in [3.8, 4) is 0 Å². The van der Waals surface area contributed by atoms with Gasteiger partial charge in [-0.3, -0.25) is 0 Å². The van der Waals surface area contributed by atoms with Crippen LogP contribution >= 0.6 is 11.6 Å². The van der Waals surface area contributed by atoms with Crippen LogP contribution in [0.15, 0.2) is 11.1 Å². The largest absolute Gasteiger partial charge is 0.459 e. The molecule has 14 heavy (non-hydrogen) atoms. The Balaban J connectivity index is 5.04. The van der Waals surface area contributed by atoms with E-state index in [0.717, 1.165) is 0 Å².